The average molecular weight is 204 g/mol. The molecule has 0 radical (unpaired) electrons. The number of rotatable bonds is 0. The van der Waals surface area contributed by atoms with Gasteiger partial charge in [-0.3, -0.25) is 15.6 Å². The molecule has 0 aromatic carbocycles. The van der Waals surface area contributed by atoms with Crippen molar-refractivity contribution in [2.45, 2.75) is 7.43 Å². The van der Waals surface area contributed by atoms with Gasteiger partial charge in [0.15, 0.2) is 0 Å². The van der Waals surface area contributed by atoms with E-state index < -0.39 is 26.2 Å². The van der Waals surface area contributed by atoms with Crippen LogP contribution in [-0.2, 0) is 21.7 Å². The average Bonchev–Trinajstić information content (AvgIpc) is 0.391. The number of hydrogen-bond donors (Lipinski definition) is 0. The minimum Gasteiger partial charge on any atom is -0.260 e. The van der Waals surface area contributed by atoms with Crippen molar-refractivity contribution in [1.29, 1.82) is 0 Å². The maximum atomic E-state index is 2.98. The molecule has 4 nitrogen and oxygen atoms in total. The first-order valence-corrected chi connectivity index (χ1v) is 8.05. The molecule has 0 aromatic rings. The first-order valence-electron chi connectivity index (χ1n) is 2.68. The van der Waals surface area contributed by atoms with E-state index >= 15 is 0 Å². The third-order valence-corrected chi connectivity index (χ3v) is 32.4. The van der Waals surface area contributed by atoms with Gasteiger partial charge >= 0.3 is 26.2 Å². The van der Waals surface area contributed by atoms with Gasteiger partial charge in [0.2, 0.25) is 0 Å². The maximum absolute atomic E-state index is 2.98. The molecule has 0 N–H and O–H groups in total. The molecule has 0 unspecified atom stereocenters. The van der Waals surface area contributed by atoms with Crippen molar-refractivity contribution in [3.63, 3.8) is 0 Å². The van der Waals surface area contributed by atoms with Crippen LogP contribution in [0.2, 0.25) is 0 Å². The molecule has 3 spiro atoms. The topological polar surface area (TPSA) is 13.0 Å². The summed E-state index contributed by atoms with van der Waals surface area (Å²) in [4.78, 5) is 0. The molecule has 8 heteroatoms. The van der Waals surface area contributed by atoms with Gasteiger partial charge in [0.1, 0.15) is 0 Å². The van der Waals surface area contributed by atoms with Crippen molar-refractivity contribution in [2.75, 3.05) is 0 Å². The minimum atomic E-state index is -0.611. The van der Waals surface area contributed by atoms with Crippen LogP contribution in [-0.4, -0.2) is 41.7 Å². The molecule has 13 aliphatic heterocycles. The van der Waals surface area contributed by atoms with Crippen molar-refractivity contribution < 1.29 is 21.7 Å². The Morgan fingerprint density at radius 3 is 0.778 bits per heavy atom. The smallest absolute Gasteiger partial charge is 0.260 e. The van der Waals surface area contributed by atoms with Crippen LogP contribution >= 0.6 is 0 Å². The summed E-state index contributed by atoms with van der Waals surface area (Å²) in [7, 11) is -1.83. The molecular formula is CH4N4Si3Ti. The van der Waals surface area contributed by atoms with E-state index in [2.05, 4.69) is 15.6 Å². The fraction of sp³-hybridized carbons (Fsp3) is 1.00. The molecule has 13 fully saturated rings. The molecule has 9 heavy (non-hydrogen) atoms. The summed E-state index contributed by atoms with van der Waals surface area (Å²) in [5, 5.41) is 0. The molecule has 0 amide bonds. The Morgan fingerprint density at radius 1 is 0.667 bits per heavy atom. The van der Waals surface area contributed by atoms with Gasteiger partial charge in [-0.05, 0) is 0 Å². The quantitative estimate of drug-likeness (QED) is 0.432. The Morgan fingerprint density at radius 2 is 0.778 bits per heavy atom. The standard InChI is InChI=1S/CH4.N4Si3.Ti/c;1-5-2-6(1)3(5)7(1,2)4(5)6;/h1H4;;. The van der Waals surface area contributed by atoms with E-state index in [4.69, 9.17) is 0 Å². The number of hydrogen-bond acceptors (Lipinski definition) is 4. The fourth-order valence-corrected chi connectivity index (χ4v) is 46.9. The van der Waals surface area contributed by atoms with E-state index in [1.807, 2.05) is 0 Å². The van der Waals surface area contributed by atoms with Gasteiger partial charge in [-0.25, -0.2) is 0 Å². The van der Waals surface area contributed by atoms with Crippen molar-refractivity contribution in [3.8, 4) is 0 Å². The van der Waals surface area contributed by atoms with Crippen LogP contribution in [0.15, 0.2) is 0 Å². The van der Waals surface area contributed by atoms with Crippen molar-refractivity contribution in [2.24, 2.45) is 0 Å². The summed E-state index contributed by atoms with van der Waals surface area (Å²) in [6.45, 7) is 0. The second-order valence-corrected chi connectivity index (χ2v) is 17.5. The summed E-state index contributed by atoms with van der Waals surface area (Å²) in [6.07, 6.45) is 0. The van der Waals surface area contributed by atoms with Gasteiger partial charge in [0, 0.05) is 21.7 Å². The Bertz CT molecular complexity index is 192. The monoisotopic (exact) mass is 204 g/mol. The largest absolute Gasteiger partial charge is 0.346 e. The molecular weight excluding hydrogens is 200 g/mol. The molecule has 7 bridgehead atoms. The van der Waals surface area contributed by atoms with E-state index in [1.54, 1.807) is 0 Å². The van der Waals surface area contributed by atoms with Crippen LogP contribution in [0.1, 0.15) is 7.43 Å². The van der Waals surface area contributed by atoms with Crippen LogP contribution in [0.25, 0.3) is 0 Å². The molecule has 13 heterocycles. The molecule has 0 aliphatic carbocycles. The summed E-state index contributed by atoms with van der Waals surface area (Å²) in [6, 6.07) is 0. The van der Waals surface area contributed by atoms with E-state index in [0.29, 0.717) is 0 Å². The Balaban J connectivity index is 0.000000144. The molecule has 44 valence electrons. The Hall–Kier alpha value is 1.20. The van der Waals surface area contributed by atoms with E-state index in [9.17, 15) is 0 Å². The normalized spacial score (nSPS) is 112. The zero-order valence-electron chi connectivity index (χ0n) is 3.79. The third-order valence-electron chi connectivity index (χ3n) is 3.60. The Kier molecular flexibility index (Phi) is 0.351. The van der Waals surface area contributed by atoms with Gasteiger partial charge in [-0.2, -0.15) is 0 Å². The van der Waals surface area contributed by atoms with E-state index in [0.717, 1.165) is 0 Å². The predicted octanol–water partition coefficient (Wildman–Crippen LogP) is -1.78. The van der Waals surface area contributed by atoms with Gasteiger partial charge in [-0.15, -0.1) is 0 Å². The van der Waals surface area contributed by atoms with Crippen LogP contribution in [0.4, 0.5) is 0 Å². The molecule has 13 saturated heterocycles. The zero-order valence-corrected chi connectivity index (χ0v) is 8.35. The minimum absolute atomic E-state index is 0. The van der Waals surface area contributed by atoms with Crippen molar-refractivity contribution in [3.05, 3.63) is 0 Å². The van der Waals surface area contributed by atoms with Gasteiger partial charge in [-0.1, -0.05) is 7.43 Å². The Labute approximate surface area is 70.9 Å². The molecule has 13 aliphatic rings. The summed E-state index contributed by atoms with van der Waals surface area (Å²) < 4.78 is 11.9. The van der Waals surface area contributed by atoms with Gasteiger partial charge in [0.25, 0.3) is 0 Å². The first-order chi connectivity index (χ1) is 3.46. The third kappa shape index (κ3) is 0.0892. The summed E-state index contributed by atoms with van der Waals surface area (Å²) >= 11 is 0. The zero-order chi connectivity index (χ0) is 3.81. The van der Waals surface area contributed by atoms with Crippen LogP contribution < -0.4 is 0 Å². The summed E-state index contributed by atoms with van der Waals surface area (Å²) in [5.41, 5.74) is 0. The number of nitrogens with zero attached hydrogens (tertiary/aromatic N) is 4. The van der Waals surface area contributed by atoms with Gasteiger partial charge < -0.3 is 0 Å². The van der Waals surface area contributed by atoms with Crippen LogP contribution in [0.5, 0.6) is 0 Å². The van der Waals surface area contributed by atoms with Crippen LogP contribution in [0, 0.1) is 0 Å². The predicted molar refractivity (Wildman–Crippen MR) is 31.3 cm³/mol. The molecule has 0 aromatic heterocycles. The maximum Gasteiger partial charge on any atom is 0.346 e. The second-order valence-electron chi connectivity index (χ2n) is 3.14. The molecule has 13 rings (SSSR count). The van der Waals surface area contributed by atoms with Gasteiger partial charge in [0.05, 0.1) is 0 Å². The van der Waals surface area contributed by atoms with E-state index in [1.165, 1.54) is 0 Å². The fourth-order valence-electron chi connectivity index (χ4n) is 3.41. The molecule has 0 saturated carbocycles. The van der Waals surface area contributed by atoms with E-state index in [-0.39, 0.29) is 29.1 Å². The van der Waals surface area contributed by atoms with Crippen LogP contribution in [0.3, 0.4) is 0 Å². The summed E-state index contributed by atoms with van der Waals surface area (Å²) in [5.74, 6) is 0. The second kappa shape index (κ2) is 0.636. The van der Waals surface area contributed by atoms with Crippen molar-refractivity contribution >= 4 is 26.2 Å². The first kappa shape index (κ1) is 4.96. The van der Waals surface area contributed by atoms with Crippen molar-refractivity contribution in [1.82, 2.24) is 15.6 Å². The SMILES string of the molecule is C.N12[Si]34N5[Si]16N3[Si]25N46.[Ti]. The molecule has 0 atom stereocenters.